The van der Waals surface area contributed by atoms with Crippen LogP contribution < -0.4 is 0 Å². The molecule has 1 unspecified atom stereocenters. The minimum atomic E-state index is -0.798. The standard InChI is InChI=1S/C53H86O6/c1-4-7-10-13-16-19-22-24-26-27-28-30-31-34-37-40-43-46-52(55)58-49-50(48-57-51(54)45-42-39-36-33-21-18-15-12-9-6-3)59-53(56)47-44-41-38-35-32-29-25-23-20-17-14-11-8-5-2/h7-8,10-11,13,16-17,19-20,22,24,26-28,30-31,50H,4-6,9,12,14-15,18,21,23,25,29,32-49H2,1-3H3/b10-7-,11-8-,16-13-,20-17-,22-19-,26-24-,28-27+,31-30-. The molecule has 6 heteroatoms. The van der Waals surface area contributed by atoms with Gasteiger partial charge in [0.15, 0.2) is 6.10 Å². The first-order valence-corrected chi connectivity index (χ1v) is 23.8. The number of rotatable bonds is 41. The maximum atomic E-state index is 12.7. The summed E-state index contributed by atoms with van der Waals surface area (Å²) in [5.41, 5.74) is 0. The summed E-state index contributed by atoms with van der Waals surface area (Å²) in [6.07, 6.45) is 61.0. The molecular weight excluding hydrogens is 733 g/mol. The molecule has 0 aliphatic carbocycles. The van der Waals surface area contributed by atoms with Gasteiger partial charge in [0.1, 0.15) is 13.2 Å². The second-order valence-electron chi connectivity index (χ2n) is 15.4. The summed E-state index contributed by atoms with van der Waals surface area (Å²) < 4.78 is 16.7. The van der Waals surface area contributed by atoms with Crippen molar-refractivity contribution in [2.24, 2.45) is 0 Å². The topological polar surface area (TPSA) is 78.9 Å². The number of carbonyl (C=O) groups excluding carboxylic acids is 3. The Labute approximate surface area is 362 Å². The quantitative estimate of drug-likeness (QED) is 0.0201. The lowest BCUT2D eigenvalue weighted by Gasteiger charge is -2.18. The molecule has 0 spiro atoms. The number of unbranched alkanes of at least 4 members (excludes halogenated alkanes) is 19. The first-order valence-electron chi connectivity index (χ1n) is 23.8. The Balaban J connectivity index is 4.49. The molecule has 0 aromatic heterocycles. The molecule has 0 saturated heterocycles. The van der Waals surface area contributed by atoms with Crippen LogP contribution in [0, 0.1) is 0 Å². The van der Waals surface area contributed by atoms with Gasteiger partial charge < -0.3 is 14.2 Å². The summed E-state index contributed by atoms with van der Waals surface area (Å²) in [4.78, 5) is 37.8. The lowest BCUT2D eigenvalue weighted by Crippen LogP contribution is -2.30. The van der Waals surface area contributed by atoms with Crippen LogP contribution in [0.3, 0.4) is 0 Å². The molecule has 0 aromatic rings. The van der Waals surface area contributed by atoms with Crippen molar-refractivity contribution in [3.8, 4) is 0 Å². The molecular formula is C53H86O6. The molecule has 0 saturated carbocycles. The fraction of sp³-hybridized carbons (Fsp3) is 0.642. The Morgan fingerprint density at radius 3 is 1.24 bits per heavy atom. The average Bonchev–Trinajstić information content (AvgIpc) is 3.23. The van der Waals surface area contributed by atoms with E-state index in [0.717, 1.165) is 89.9 Å². The Morgan fingerprint density at radius 1 is 0.373 bits per heavy atom. The van der Waals surface area contributed by atoms with Gasteiger partial charge in [-0.3, -0.25) is 14.4 Å². The van der Waals surface area contributed by atoms with Crippen LogP contribution in [0.5, 0.6) is 0 Å². The molecule has 0 aliphatic rings. The highest BCUT2D eigenvalue weighted by Crippen LogP contribution is 2.14. The molecule has 0 heterocycles. The number of hydrogen-bond donors (Lipinski definition) is 0. The average molecular weight is 819 g/mol. The van der Waals surface area contributed by atoms with E-state index in [9.17, 15) is 14.4 Å². The molecule has 0 rings (SSSR count). The van der Waals surface area contributed by atoms with E-state index < -0.39 is 6.10 Å². The van der Waals surface area contributed by atoms with Crippen LogP contribution in [-0.4, -0.2) is 37.2 Å². The van der Waals surface area contributed by atoms with Crippen molar-refractivity contribution < 1.29 is 28.6 Å². The zero-order valence-electron chi connectivity index (χ0n) is 38.0. The van der Waals surface area contributed by atoms with Gasteiger partial charge in [-0.05, 0) is 64.2 Å². The number of ether oxygens (including phenoxy) is 3. The van der Waals surface area contributed by atoms with Gasteiger partial charge in [0, 0.05) is 19.3 Å². The summed E-state index contributed by atoms with van der Waals surface area (Å²) >= 11 is 0. The SMILES string of the molecule is CC\C=C/C=C\C=C/C=C\C=C\C=C/CCCCCC(=O)OCC(COC(=O)CCCCCCCCCCCC)OC(=O)CCCCCCCCC/C=C\C/C=C\CC. The van der Waals surface area contributed by atoms with E-state index in [-0.39, 0.29) is 31.1 Å². The zero-order chi connectivity index (χ0) is 43.0. The molecule has 0 radical (unpaired) electrons. The second-order valence-corrected chi connectivity index (χ2v) is 15.4. The van der Waals surface area contributed by atoms with E-state index in [0.29, 0.717) is 19.3 Å². The summed E-state index contributed by atoms with van der Waals surface area (Å²) in [6.45, 7) is 6.31. The summed E-state index contributed by atoms with van der Waals surface area (Å²) in [5, 5.41) is 0. The van der Waals surface area contributed by atoms with Crippen LogP contribution in [-0.2, 0) is 28.6 Å². The first kappa shape index (κ1) is 55.3. The number of carbonyl (C=O) groups is 3. The van der Waals surface area contributed by atoms with Crippen LogP contribution in [0.25, 0.3) is 0 Å². The van der Waals surface area contributed by atoms with Crippen LogP contribution >= 0.6 is 0 Å². The molecule has 6 nitrogen and oxygen atoms in total. The number of allylic oxidation sites excluding steroid dienone is 16. The van der Waals surface area contributed by atoms with Crippen LogP contribution in [0.15, 0.2) is 97.2 Å². The third kappa shape index (κ3) is 45.3. The van der Waals surface area contributed by atoms with Gasteiger partial charge in [0.25, 0.3) is 0 Å². The maximum absolute atomic E-state index is 12.7. The molecule has 334 valence electrons. The van der Waals surface area contributed by atoms with Crippen molar-refractivity contribution in [1.29, 1.82) is 0 Å². The molecule has 1 atom stereocenters. The zero-order valence-corrected chi connectivity index (χ0v) is 38.0. The minimum absolute atomic E-state index is 0.0954. The summed E-state index contributed by atoms with van der Waals surface area (Å²) in [5.74, 6) is -0.957. The monoisotopic (exact) mass is 819 g/mol. The third-order valence-corrected chi connectivity index (χ3v) is 9.75. The van der Waals surface area contributed by atoms with E-state index in [1.165, 1.54) is 70.6 Å². The van der Waals surface area contributed by atoms with Gasteiger partial charge in [-0.2, -0.15) is 0 Å². The Bertz CT molecular complexity index is 1220. The summed E-state index contributed by atoms with van der Waals surface area (Å²) in [7, 11) is 0. The van der Waals surface area contributed by atoms with E-state index in [1.807, 2.05) is 60.8 Å². The first-order chi connectivity index (χ1) is 29.0. The lowest BCUT2D eigenvalue weighted by molar-refractivity contribution is -0.167. The largest absolute Gasteiger partial charge is 0.462 e. The second kappa shape index (κ2) is 47.0. The van der Waals surface area contributed by atoms with Crippen molar-refractivity contribution in [3.63, 3.8) is 0 Å². The molecule has 0 aliphatic heterocycles. The van der Waals surface area contributed by atoms with Gasteiger partial charge in [-0.25, -0.2) is 0 Å². The van der Waals surface area contributed by atoms with Gasteiger partial charge >= 0.3 is 17.9 Å². The number of hydrogen-bond acceptors (Lipinski definition) is 6. The van der Waals surface area contributed by atoms with E-state index >= 15 is 0 Å². The normalized spacial score (nSPS) is 12.9. The molecule has 59 heavy (non-hydrogen) atoms. The van der Waals surface area contributed by atoms with Gasteiger partial charge in [-0.1, -0.05) is 214 Å². The van der Waals surface area contributed by atoms with Gasteiger partial charge in [-0.15, -0.1) is 0 Å². The van der Waals surface area contributed by atoms with Crippen molar-refractivity contribution in [3.05, 3.63) is 97.2 Å². The Hall–Kier alpha value is -3.67. The molecule has 0 aromatic carbocycles. The van der Waals surface area contributed by atoms with E-state index in [4.69, 9.17) is 14.2 Å². The van der Waals surface area contributed by atoms with Crippen molar-refractivity contribution in [2.45, 2.75) is 207 Å². The Kier molecular flexibility index (Phi) is 44.1. The predicted molar refractivity (Wildman–Crippen MR) is 251 cm³/mol. The highest BCUT2D eigenvalue weighted by atomic mass is 16.6. The molecule has 0 bridgehead atoms. The van der Waals surface area contributed by atoms with Gasteiger partial charge in [0.05, 0.1) is 0 Å². The van der Waals surface area contributed by atoms with Crippen molar-refractivity contribution >= 4 is 17.9 Å². The Morgan fingerprint density at radius 2 is 0.746 bits per heavy atom. The maximum Gasteiger partial charge on any atom is 0.306 e. The summed E-state index contributed by atoms with van der Waals surface area (Å²) in [6, 6.07) is 0. The highest BCUT2D eigenvalue weighted by molar-refractivity contribution is 5.71. The van der Waals surface area contributed by atoms with Crippen molar-refractivity contribution in [2.75, 3.05) is 13.2 Å². The molecule has 0 N–H and O–H groups in total. The van der Waals surface area contributed by atoms with Crippen LogP contribution in [0.2, 0.25) is 0 Å². The molecule has 0 fully saturated rings. The van der Waals surface area contributed by atoms with E-state index in [1.54, 1.807) is 0 Å². The van der Waals surface area contributed by atoms with Crippen LogP contribution in [0.4, 0.5) is 0 Å². The smallest absolute Gasteiger partial charge is 0.306 e. The lowest BCUT2D eigenvalue weighted by atomic mass is 10.1. The highest BCUT2D eigenvalue weighted by Gasteiger charge is 2.19. The van der Waals surface area contributed by atoms with Gasteiger partial charge in [0.2, 0.25) is 0 Å². The third-order valence-electron chi connectivity index (χ3n) is 9.75. The fourth-order valence-corrected chi connectivity index (χ4v) is 6.22. The predicted octanol–water partition coefficient (Wildman–Crippen LogP) is 15.4. The minimum Gasteiger partial charge on any atom is -0.462 e. The number of esters is 3. The van der Waals surface area contributed by atoms with Crippen molar-refractivity contribution in [1.82, 2.24) is 0 Å². The molecule has 0 amide bonds. The van der Waals surface area contributed by atoms with E-state index in [2.05, 4.69) is 57.2 Å². The van der Waals surface area contributed by atoms with Crippen LogP contribution in [0.1, 0.15) is 201 Å². The fourth-order valence-electron chi connectivity index (χ4n) is 6.22.